The Bertz CT molecular complexity index is 239. The lowest BCUT2D eigenvalue weighted by atomic mass is 9.74. The quantitative estimate of drug-likeness (QED) is 0.524. The molecular weight excluding hydrogens is 156 g/mol. The summed E-state index contributed by atoms with van der Waals surface area (Å²) in [5.41, 5.74) is 4.95. The SMILES string of the molecule is O=C1CCCC2(CNNC2=O)C1. The third kappa shape index (κ3) is 1.03. The maximum atomic E-state index is 11.4. The summed E-state index contributed by atoms with van der Waals surface area (Å²) in [5, 5.41) is 0. The van der Waals surface area contributed by atoms with Gasteiger partial charge < -0.3 is 0 Å². The molecule has 2 N–H and O–H groups in total. The molecule has 1 saturated heterocycles. The van der Waals surface area contributed by atoms with Crippen LogP contribution in [0.3, 0.4) is 0 Å². The summed E-state index contributed by atoms with van der Waals surface area (Å²) in [7, 11) is 0. The van der Waals surface area contributed by atoms with Gasteiger partial charge in [0.15, 0.2) is 0 Å². The number of hydrogen-bond acceptors (Lipinski definition) is 3. The van der Waals surface area contributed by atoms with Crippen molar-refractivity contribution in [1.29, 1.82) is 0 Å². The number of Topliss-reactive ketones (excluding diaryl/α,β-unsaturated/α-hetero) is 1. The van der Waals surface area contributed by atoms with Gasteiger partial charge in [0.2, 0.25) is 5.91 Å². The second kappa shape index (κ2) is 2.55. The average molecular weight is 168 g/mol. The molecule has 0 bridgehead atoms. The summed E-state index contributed by atoms with van der Waals surface area (Å²) in [4.78, 5) is 22.5. The third-order valence-electron chi connectivity index (χ3n) is 2.76. The van der Waals surface area contributed by atoms with Crippen LogP contribution >= 0.6 is 0 Å². The largest absolute Gasteiger partial charge is 0.300 e. The van der Waals surface area contributed by atoms with Gasteiger partial charge in [0.1, 0.15) is 5.78 Å². The van der Waals surface area contributed by atoms with E-state index in [0.29, 0.717) is 19.4 Å². The predicted molar refractivity (Wildman–Crippen MR) is 42.1 cm³/mol. The normalized spacial score (nSPS) is 35.7. The molecule has 2 rings (SSSR count). The fourth-order valence-corrected chi connectivity index (χ4v) is 2.03. The number of hydrazine groups is 1. The summed E-state index contributed by atoms with van der Waals surface area (Å²) in [6.45, 7) is 0.609. The van der Waals surface area contributed by atoms with Gasteiger partial charge in [-0.25, -0.2) is 5.43 Å². The van der Waals surface area contributed by atoms with E-state index in [1.165, 1.54) is 0 Å². The van der Waals surface area contributed by atoms with E-state index in [4.69, 9.17) is 0 Å². The minimum atomic E-state index is -0.407. The maximum absolute atomic E-state index is 11.4. The standard InChI is InChI=1S/C8H12N2O2/c11-6-2-1-3-8(4-6)5-9-10-7(8)12/h9H,1-5H2,(H,10,12). The zero-order valence-electron chi connectivity index (χ0n) is 6.85. The summed E-state index contributed by atoms with van der Waals surface area (Å²) >= 11 is 0. The van der Waals surface area contributed by atoms with E-state index in [9.17, 15) is 9.59 Å². The van der Waals surface area contributed by atoms with Gasteiger partial charge >= 0.3 is 0 Å². The highest BCUT2D eigenvalue weighted by Gasteiger charge is 2.45. The van der Waals surface area contributed by atoms with E-state index in [-0.39, 0.29) is 11.7 Å². The average Bonchev–Trinajstić information content (AvgIpc) is 2.33. The summed E-state index contributed by atoms with van der Waals surface area (Å²) in [6.07, 6.45) is 2.77. The van der Waals surface area contributed by atoms with Crippen LogP contribution in [0.15, 0.2) is 0 Å². The molecule has 1 unspecified atom stereocenters. The number of carbonyl (C=O) groups is 2. The second-order valence-corrected chi connectivity index (χ2v) is 3.66. The maximum Gasteiger partial charge on any atom is 0.242 e. The molecule has 1 atom stereocenters. The van der Waals surface area contributed by atoms with Crippen molar-refractivity contribution in [2.45, 2.75) is 25.7 Å². The number of ketones is 1. The first-order valence-corrected chi connectivity index (χ1v) is 4.28. The van der Waals surface area contributed by atoms with E-state index < -0.39 is 5.41 Å². The molecule has 2 aliphatic rings. The minimum Gasteiger partial charge on any atom is -0.300 e. The van der Waals surface area contributed by atoms with Crippen LogP contribution in [0.1, 0.15) is 25.7 Å². The van der Waals surface area contributed by atoms with Crippen LogP contribution in [0.5, 0.6) is 0 Å². The highest BCUT2D eigenvalue weighted by Crippen LogP contribution is 2.35. The van der Waals surface area contributed by atoms with Gasteiger partial charge in [0.25, 0.3) is 0 Å². The lowest BCUT2D eigenvalue weighted by molar-refractivity contribution is -0.135. The Kier molecular flexibility index (Phi) is 1.65. The monoisotopic (exact) mass is 168 g/mol. The molecule has 1 spiro atoms. The van der Waals surface area contributed by atoms with Crippen molar-refractivity contribution in [3.05, 3.63) is 0 Å². The van der Waals surface area contributed by atoms with E-state index in [1.54, 1.807) is 0 Å². The van der Waals surface area contributed by atoms with Crippen molar-refractivity contribution >= 4 is 11.7 Å². The van der Waals surface area contributed by atoms with Crippen molar-refractivity contribution in [2.24, 2.45) is 5.41 Å². The molecule has 1 aliphatic carbocycles. The van der Waals surface area contributed by atoms with Crippen LogP contribution in [-0.2, 0) is 9.59 Å². The van der Waals surface area contributed by atoms with Crippen molar-refractivity contribution in [1.82, 2.24) is 10.9 Å². The van der Waals surface area contributed by atoms with Crippen LogP contribution in [0.2, 0.25) is 0 Å². The molecule has 0 aromatic carbocycles. The van der Waals surface area contributed by atoms with Gasteiger partial charge in [0.05, 0.1) is 5.41 Å². The lowest BCUT2D eigenvalue weighted by Crippen LogP contribution is -2.37. The zero-order chi connectivity index (χ0) is 8.60. The first-order valence-electron chi connectivity index (χ1n) is 4.28. The van der Waals surface area contributed by atoms with Crippen molar-refractivity contribution in [3.8, 4) is 0 Å². The molecule has 1 amide bonds. The Balaban J connectivity index is 2.18. The zero-order valence-corrected chi connectivity index (χ0v) is 6.85. The Morgan fingerprint density at radius 3 is 2.75 bits per heavy atom. The molecule has 0 radical (unpaired) electrons. The highest BCUT2D eigenvalue weighted by atomic mass is 16.2. The van der Waals surface area contributed by atoms with Crippen LogP contribution in [0, 0.1) is 5.41 Å². The van der Waals surface area contributed by atoms with Crippen LogP contribution in [0.25, 0.3) is 0 Å². The van der Waals surface area contributed by atoms with E-state index in [2.05, 4.69) is 10.9 Å². The van der Waals surface area contributed by atoms with Crippen molar-refractivity contribution in [3.63, 3.8) is 0 Å². The Morgan fingerprint density at radius 1 is 1.33 bits per heavy atom. The van der Waals surface area contributed by atoms with Gasteiger partial charge in [-0.3, -0.25) is 15.0 Å². The number of rotatable bonds is 0. The molecular formula is C8H12N2O2. The van der Waals surface area contributed by atoms with Gasteiger partial charge in [0, 0.05) is 19.4 Å². The fraction of sp³-hybridized carbons (Fsp3) is 0.750. The smallest absolute Gasteiger partial charge is 0.242 e. The van der Waals surface area contributed by atoms with Crippen LogP contribution < -0.4 is 10.9 Å². The van der Waals surface area contributed by atoms with Crippen LogP contribution in [0.4, 0.5) is 0 Å². The molecule has 66 valence electrons. The number of amides is 1. The van der Waals surface area contributed by atoms with Gasteiger partial charge in [-0.05, 0) is 12.8 Å². The molecule has 1 heterocycles. The van der Waals surface area contributed by atoms with Gasteiger partial charge in [-0.2, -0.15) is 0 Å². The number of hydrogen-bond donors (Lipinski definition) is 2. The summed E-state index contributed by atoms with van der Waals surface area (Å²) in [6, 6.07) is 0. The molecule has 0 aromatic rings. The molecule has 4 nitrogen and oxygen atoms in total. The van der Waals surface area contributed by atoms with E-state index in [1.807, 2.05) is 0 Å². The molecule has 0 aromatic heterocycles. The topological polar surface area (TPSA) is 58.2 Å². The molecule has 4 heteroatoms. The first-order chi connectivity index (χ1) is 5.73. The van der Waals surface area contributed by atoms with Gasteiger partial charge in [-0.15, -0.1) is 0 Å². The molecule has 1 aliphatic heterocycles. The number of carbonyl (C=O) groups excluding carboxylic acids is 2. The third-order valence-corrected chi connectivity index (χ3v) is 2.76. The van der Waals surface area contributed by atoms with Gasteiger partial charge in [-0.1, -0.05) is 0 Å². The lowest BCUT2D eigenvalue weighted by Gasteiger charge is -2.27. The predicted octanol–water partition coefficient (Wildman–Crippen LogP) is -0.250. The Morgan fingerprint density at radius 2 is 2.17 bits per heavy atom. The van der Waals surface area contributed by atoms with Crippen LogP contribution in [-0.4, -0.2) is 18.2 Å². The second-order valence-electron chi connectivity index (χ2n) is 3.66. The molecule has 12 heavy (non-hydrogen) atoms. The van der Waals surface area contributed by atoms with E-state index in [0.717, 1.165) is 12.8 Å². The first kappa shape index (κ1) is 7.73. The summed E-state index contributed by atoms with van der Waals surface area (Å²) < 4.78 is 0. The number of nitrogens with one attached hydrogen (secondary N) is 2. The minimum absolute atomic E-state index is 0.00412. The van der Waals surface area contributed by atoms with Crippen molar-refractivity contribution < 1.29 is 9.59 Å². The Labute approximate surface area is 70.7 Å². The molecule has 2 fully saturated rings. The fourth-order valence-electron chi connectivity index (χ4n) is 2.03. The summed E-state index contributed by atoms with van der Waals surface area (Å²) in [5.74, 6) is 0.218. The Hall–Kier alpha value is -0.900. The van der Waals surface area contributed by atoms with E-state index >= 15 is 0 Å². The van der Waals surface area contributed by atoms with Crippen molar-refractivity contribution in [2.75, 3.05) is 6.54 Å². The highest BCUT2D eigenvalue weighted by molar-refractivity contribution is 5.92. The molecule has 1 saturated carbocycles.